The summed E-state index contributed by atoms with van der Waals surface area (Å²) in [6.07, 6.45) is 0. The van der Waals surface area contributed by atoms with Crippen LogP contribution >= 0.6 is 23.1 Å². The molecule has 4 rings (SSSR count). The minimum Gasteiger partial charge on any atom is -0.486 e. The molecule has 0 spiro atoms. The van der Waals surface area contributed by atoms with Gasteiger partial charge in [0.1, 0.15) is 23.2 Å². The van der Waals surface area contributed by atoms with Crippen molar-refractivity contribution in [2.45, 2.75) is 17.5 Å². The number of thiazole rings is 1. The molecule has 0 amide bonds. The Morgan fingerprint density at radius 2 is 1.92 bits per heavy atom. The van der Waals surface area contributed by atoms with E-state index in [1.807, 2.05) is 18.2 Å². The van der Waals surface area contributed by atoms with E-state index in [1.165, 1.54) is 28.6 Å². The molecule has 2 N–H and O–H groups in total. The van der Waals surface area contributed by atoms with Gasteiger partial charge in [0.25, 0.3) is 0 Å². The number of aromatic nitrogens is 4. The van der Waals surface area contributed by atoms with Gasteiger partial charge in [-0.3, -0.25) is 0 Å². The SMILES string of the molecule is Nn1c(COc2ccc(F)cc2)nnc1SCc1nc2ccccc2s1. The van der Waals surface area contributed by atoms with Crippen molar-refractivity contribution >= 4 is 33.3 Å². The molecule has 0 aliphatic rings. The van der Waals surface area contributed by atoms with Crippen LogP contribution in [0.2, 0.25) is 0 Å². The summed E-state index contributed by atoms with van der Waals surface area (Å²) in [6, 6.07) is 13.8. The van der Waals surface area contributed by atoms with Crippen LogP contribution in [-0.4, -0.2) is 19.9 Å². The molecule has 4 aromatic rings. The van der Waals surface area contributed by atoms with E-state index < -0.39 is 0 Å². The lowest BCUT2D eigenvalue weighted by Crippen LogP contribution is -2.15. The number of nitrogens with two attached hydrogens (primary N) is 1. The molecule has 0 bridgehead atoms. The predicted octanol–water partition coefficient (Wildman–Crippen LogP) is 3.61. The van der Waals surface area contributed by atoms with Gasteiger partial charge < -0.3 is 10.6 Å². The largest absolute Gasteiger partial charge is 0.486 e. The fourth-order valence-electron chi connectivity index (χ4n) is 2.29. The first-order chi connectivity index (χ1) is 12.7. The van der Waals surface area contributed by atoms with E-state index in [2.05, 4.69) is 21.2 Å². The van der Waals surface area contributed by atoms with Crippen molar-refractivity contribution in [1.82, 2.24) is 19.9 Å². The van der Waals surface area contributed by atoms with Gasteiger partial charge in [-0.1, -0.05) is 23.9 Å². The van der Waals surface area contributed by atoms with Crippen LogP contribution in [0, 0.1) is 5.82 Å². The summed E-state index contributed by atoms with van der Waals surface area (Å²) in [5.41, 5.74) is 0.996. The molecule has 0 saturated heterocycles. The minimum atomic E-state index is -0.312. The predicted molar refractivity (Wildman–Crippen MR) is 100 cm³/mol. The molecule has 0 fully saturated rings. The molecule has 9 heteroatoms. The lowest BCUT2D eigenvalue weighted by molar-refractivity contribution is 0.291. The Hall–Kier alpha value is -2.65. The van der Waals surface area contributed by atoms with Crippen molar-refractivity contribution in [3.05, 3.63) is 65.2 Å². The number of rotatable bonds is 6. The summed E-state index contributed by atoms with van der Waals surface area (Å²) in [4.78, 5) is 4.59. The van der Waals surface area contributed by atoms with Crippen LogP contribution in [0.15, 0.2) is 53.7 Å². The molecule has 132 valence electrons. The minimum absolute atomic E-state index is 0.150. The highest BCUT2D eigenvalue weighted by Gasteiger charge is 2.12. The number of hydrogen-bond donors (Lipinski definition) is 1. The monoisotopic (exact) mass is 387 g/mol. The average molecular weight is 387 g/mol. The Morgan fingerprint density at radius 3 is 2.73 bits per heavy atom. The Kier molecular flexibility index (Phi) is 4.72. The van der Waals surface area contributed by atoms with E-state index in [0.29, 0.717) is 22.5 Å². The van der Waals surface area contributed by atoms with E-state index in [0.717, 1.165) is 15.2 Å². The van der Waals surface area contributed by atoms with E-state index in [4.69, 9.17) is 10.6 Å². The molecule has 0 radical (unpaired) electrons. The zero-order valence-electron chi connectivity index (χ0n) is 13.5. The van der Waals surface area contributed by atoms with Gasteiger partial charge in [0, 0.05) is 0 Å². The van der Waals surface area contributed by atoms with Gasteiger partial charge >= 0.3 is 0 Å². The van der Waals surface area contributed by atoms with Gasteiger partial charge in [-0.2, -0.15) is 0 Å². The maximum absolute atomic E-state index is 12.9. The summed E-state index contributed by atoms with van der Waals surface area (Å²) < 4.78 is 21.0. The normalized spacial score (nSPS) is 11.1. The van der Waals surface area contributed by atoms with Gasteiger partial charge in [-0.15, -0.1) is 21.5 Å². The highest BCUT2D eigenvalue weighted by molar-refractivity contribution is 7.98. The van der Waals surface area contributed by atoms with Crippen molar-refractivity contribution in [3.63, 3.8) is 0 Å². The molecular formula is C17H14FN5OS2. The van der Waals surface area contributed by atoms with Crippen LogP contribution in [0.3, 0.4) is 0 Å². The number of nitrogens with zero attached hydrogens (tertiary/aromatic N) is 4. The molecule has 0 aliphatic carbocycles. The third-order valence-corrected chi connectivity index (χ3v) is 5.75. The number of fused-ring (bicyclic) bond motifs is 1. The van der Waals surface area contributed by atoms with Gasteiger partial charge in [0.15, 0.2) is 5.82 Å². The van der Waals surface area contributed by atoms with Crippen LogP contribution in [0.4, 0.5) is 4.39 Å². The smallest absolute Gasteiger partial charge is 0.210 e. The summed E-state index contributed by atoms with van der Waals surface area (Å²) in [7, 11) is 0. The van der Waals surface area contributed by atoms with E-state index >= 15 is 0 Å². The van der Waals surface area contributed by atoms with Gasteiger partial charge in [0.2, 0.25) is 5.16 Å². The highest BCUT2D eigenvalue weighted by Crippen LogP contribution is 2.27. The van der Waals surface area contributed by atoms with Gasteiger partial charge in [-0.05, 0) is 36.4 Å². The van der Waals surface area contributed by atoms with Crippen LogP contribution < -0.4 is 10.6 Å². The number of para-hydroxylation sites is 1. The quantitative estimate of drug-likeness (QED) is 0.402. The lowest BCUT2D eigenvalue weighted by atomic mass is 10.3. The van der Waals surface area contributed by atoms with Crippen molar-refractivity contribution in [1.29, 1.82) is 0 Å². The fourth-order valence-corrected chi connectivity index (χ4v) is 4.13. The topological polar surface area (TPSA) is 78.9 Å². The molecule has 6 nitrogen and oxygen atoms in total. The van der Waals surface area contributed by atoms with Crippen LogP contribution in [0.25, 0.3) is 10.2 Å². The number of thioether (sulfide) groups is 1. The number of ether oxygens (including phenoxy) is 1. The second kappa shape index (κ2) is 7.30. The summed E-state index contributed by atoms with van der Waals surface area (Å²) >= 11 is 3.12. The Bertz CT molecular complexity index is 998. The van der Waals surface area contributed by atoms with Crippen molar-refractivity contribution in [2.24, 2.45) is 0 Å². The highest BCUT2D eigenvalue weighted by atomic mass is 32.2. The standard InChI is InChI=1S/C17H14FN5OS2/c18-11-5-7-12(8-6-11)24-9-15-21-22-17(23(15)19)25-10-16-20-13-3-1-2-4-14(13)26-16/h1-8H,9-10,19H2. The summed E-state index contributed by atoms with van der Waals surface area (Å²) in [5.74, 6) is 7.42. The number of halogens is 1. The molecule has 26 heavy (non-hydrogen) atoms. The molecular weight excluding hydrogens is 373 g/mol. The van der Waals surface area contributed by atoms with Crippen molar-refractivity contribution in [3.8, 4) is 5.75 Å². The Morgan fingerprint density at radius 1 is 1.12 bits per heavy atom. The van der Waals surface area contributed by atoms with Crippen LogP contribution in [0.5, 0.6) is 5.75 Å². The number of hydrogen-bond acceptors (Lipinski definition) is 7. The zero-order chi connectivity index (χ0) is 17.9. The lowest BCUT2D eigenvalue weighted by Gasteiger charge is -2.06. The maximum Gasteiger partial charge on any atom is 0.210 e. The summed E-state index contributed by atoms with van der Waals surface area (Å²) in [5, 5.41) is 9.74. The number of benzene rings is 2. The molecule has 0 atom stereocenters. The Balaban J connectivity index is 1.39. The van der Waals surface area contributed by atoms with Crippen molar-refractivity contribution < 1.29 is 9.13 Å². The van der Waals surface area contributed by atoms with Gasteiger partial charge in [-0.25, -0.2) is 14.1 Å². The van der Waals surface area contributed by atoms with Crippen LogP contribution in [0.1, 0.15) is 10.8 Å². The first-order valence-corrected chi connectivity index (χ1v) is 9.54. The van der Waals surface area contributed by atoms with E-state index in [9.17, 15) is 4.39 Å². The zero-order valence-corrected chi connectivity index (χ0v) is 15.1. The molecule has 0 saturated carbocycles. The van der Waals surface area contributed by atoms with Crippen molar-refractivity contribution in [2.75, 3.05) is 5.84 Å². The van der Waals surface area contributed by atoms with E-state index in [1.54, 1.807) is 23.5 Å². The van der Waals surface area contributed by atoms with Gasteiger partial charge in [0.05, 0.1) is 16.0 Å². The second-order valence-corrected chi connectivity index (χ2v) is 7.43. The maximum atomic E-state index is 12.9. The first kappa shape index (κ1) is 16.8. The number of nitrogen functional groups attached to an aromatic ring is 1. The molecule has 2 aromatic carbocycles. The third-order valence-electron chi connectivity index (χ3n) is 3.58. The first-order valence-electron chi connectivity index (χ1n) is 7.74. The molecule has 0 unspecified atom stereocenters. The second-order valence-electron chi connectivity index (χ2n) is 5.38. The fraction of sp³-hybridized carbons (Fsp3) is 0.118. The third kappa shape index (κ3) is 3.63. The molecule has 2 heterocycles. The van der Waals surface area contributed by atoms with Crippen LogP contribution in [-0.2, 0) is 12.4 Å². The molecule has 2 aromatic heterocycles. The van der Waals surface area contributed by atoms with E-state index in [-0.39, 0.29) is 12.4 Å². The Labute approximate surface area is 156 Å². The average Bonchev–Trinajstić information content (AvgIpc) is 3.22. The molecule has 0 aliphatic heterocycles. The summed E-state index contributed by atoms with van der Waals surface area (Å²) in [6.45, 7) is 0.150.